The van der Waals surface area contributed by atoms with Crippen molar-refractivity contribution in [2.24, 2.45) is 0 Å². The molecule has 1 rings (SSSR count). The Morgan fingerprint density at radius 2 is 2.31 bits per heavy atom. The highest BCUT2D eigenvalue weighted by atomic mass is 32.1. The molecule has 1 aromatic rings. The second kappa shape index (κ2) is 5.54. The maximum Gasteiger partial charge on any atom is 0.339 e. The van der Waals surface area contributed by atoms with Crippen molar-refractivity contribution in [3.8, 4) is 6.07 Å². The molecule has 0 heterocycles. The monoisotopic (exact) mass is 237 g/mol. The van der Waals surface area contributed by atoms with Crippen molar-refractivity contribution < 1.29 is 14.6 Å². The lowest BCUT2D eigenvalue weighted by atomic mass is 10.1. The van der Waals surface area contributed by atoms with Crippen LogP contribution in [0.25, 0.3) is 0 Å². The fourth-order valence-corrected chi connectivity index (χ4v) is 1.55. The molecule has 0 saturated carbocycles. The summed E-state index contributed by atoms with van der Waals surface area (Å²) in [6.45, 7) is 1.69. The fraction of sp³-hybridized carbons (Fsp3) is 0.273. The van der Waals surface area contributed by atoms with E-state index < -0.39 is 5.97 Å². The zero-order valence-corrected chi connectivity index (χ0v) is 9.62. The van der Waals surface area contributed by atoms with Gasteiger partial charge in [0.05, 0.1) is 30.4 Å². The smallest absolute Gasteiger partial charge is 0.339 e. The molecule has 0 spiro atoms. The number of esters is 1. The van der Waals surface area contributed by atoms with Crippen molar-refractivity contribution in [3.05, 3.63) is 28.8 Å². The minimum absolute atomic E-state index is 0.235. The summed E-state index contributed by atoms with van der Waals surface area (Å²) >= 11 is 4.12. The van der Waals surface area contributed by atoms with Crippen LogP contribution in [-0.4, -0.2) is 17.7 Å². The standard InChI is InChI=1S/C11H11NO3S/c1-2-15-11(14)9-3-7(5-12)8(6-13)4-10(9)16/h3-4,13,16H,2,6H2,1H3. The summed E-state index contributed by atoms with van der Waals surface area (Å²) in [7, 11) is 0. The first-order valence-corrected chi connectivity index (χ1v) is 5.12. The second-order valence-corrected chi connectivity index (χ2v) is 3.50. The van der Waals surface area contributed by atoms with Crippen LogP contribution < -0.4 is 0 Å². The van der Waals surface area contributed by atoms with Crippen molar-refractivity contribution in [2.75, 3.05) is 6.61 Å². The third-order valence-corrected chi connectivity index (χ3v) is 2.38. The molecule has 0 fully saturated rings. The van der Waals surface area contributed by atoms with Crippen LogP contribution in [0.1, 0.15) is 28.4 Å². The Hall–Kier alpha value is -1.51. The van der Waals surface area contributed by atoms with Gasteiger partial charge < -0.3 is 9.84 Å². The average molecular weight is 237 g/mol. The van der Waals surface area contributed by atoms with Gasteiger partial charge in [-0.25, -0.2) is 4.79 Å². The summed E-state index contributed by atoms with van der Waals surface area (Å²) in [5.74, 6) is -0.520. The van der Waals surface area contributed by atoms with E-state index in [4.69, 9.17) is 15.1 Å². The van der Waals surface area contributed by atoms with Gasteiger partial charge >= 0.3 is 5.97 Å². The van der Waals surface area contributed by atoms with E-state index in [9.17, 15) is 4.79 Å². The Bertz CT molecular complexity index is 451. The molecular formula is C11H11NO3S. The Morgan fingerprint density at radius 1 is 1.62 bits per heavy atom. The number of benzene rings is 1. The Balaban J connectivity index is 3.22. The molecule has 0 aliphatic rings. The molecule has 5 heteroatoms. The average Bonchev–Trinajstić information content (AvgIpc) is 2.28. The van der Waals surface area contributed by atoms with Crippen molar-refractivity contribution in [3.63, 3.8) is 0 Å². The highest BCUT2D eigenvalue weighted by Crippen LogP contribution is 2.21. The van der Waals surface area contributed by atoms with Crippen molar-refractivity contribution >= 4 is 18.6 Å². The first-order valence-electron chi connectivity index (χ1n) is 4.68. The molecule has 0 atom stereocenters. The number of nitriles is 1. The van der Waals surface area contributed by atoms with Crippen molar-refractivity contribution in [1.82, 2.24) is 0 Å². The topological polar surface area (TPSA) is 70.3 Å². The van der Waals surface area contributed by atoms with E-state index in [0.717, 1.165) is 0 Å². The number of aliphatic hydroxyl groups is 1. The molecule has 0 amide bonds. The first-order chi connectivity index (χ1) is 7.63. The number of aliphatic hydroxyl groups excluding tert-OH is 1. The zero-order chi connectivity index (χ0) is 12.1. The lowest BCUT2D eigenvalue weighted by Gasteiger charge is -2.07. The largest absolute Gasteiger partial charge is 0.462 e. The Kier molecular flexibility index (Phi) is 4.35. The van der Waals surface area contributed by atoms with Crippen LogP contribution in [0.4, 0.5) is 0 Å². The number of nitrogens with zero attached hydrogens (tertiary/aromatic N) is 1. The molecule has 0 aromatic heterocycles. The van der Waals surface area contributed by atoms with Crippen LogP contribution in [0, 0.1) is 11.3 Å². The van der Waals surface area contributed by atoms with Gasteiger partial charge in [0.25, 0.3) is 0 Å². The lowest BCUT2D eigenvalue weighted by Crippen LogP contribution is -2.07. The van der Waals surface area contributed by atoms with E-state index in [2.05, 4.69) is 12.6 Å². The third-order valence-electron chi connectivity index (χ3n) is 2.01. The van der Waals surface area contributed by atoms with Gasteiger partial charge in [0, 0.05) is 4.90 Å². The van der Waals surface area contributed by atoms with E-state index in [1.807, 2.05) is 6.07 Å². The van der Waals surface area contributed by atoms with Gasteiger partial charge in [0.2, 0.25) is 0 Å². The number of hydrogen-bond donors (Lipinski definition) is 2. The molecule has 0 bridgehead atoms. The fourth-order valence-electron chi connectivity index (χ4n) is 1.24. The molecule has 0 aliphatic heterocycles. The van der Waals surface area contributed by atoms with Crippen LogP contribution in [-0.2, 0) is 11.3 Å². The van der Waals surface area contributed by atoms with Gasteiger partial charge in [0.15, 0.2) is 0 Å². The molecule has 16 heavy (non-hydrogen) atoms. The number of carbonyl (C=O) groups excluding carboxylic acids is 1. The van der Waals surface area contributed by atoms with Crippen LogP contribution in [0.15, 0.2) is 17.0 Å². The van der Waals surface area contributed by atoms with E-state index in [-0.39, 0.29) is 24.3 Å². The van der Waals surface area contributed by atoms with Crippen molar-refractivity contribution in [1.29, 1.82) is 5.26 Å². The Morgan fingerprint density at radius 3 is 2.81 bits per heavy atom. The molecule has 0 aliphatic carbocycles. The molecule has 84 valence electrons. The van der Waals surface area contributed by atoms with Crippen LogP contribution in [0.2, 0.25) is 0 Å². The number of thiol groups is 1. The maximum atomic E-state index is 11.5. The van der Waals surface area contributed by atoms with Gasteiger partial charge in [0.1, 0.15) is 0 Å². The molecule has 1 N–H and O–H groups in total. The third kappa shape index (κ3) is 2.54. The normalized spacial score (nSPS) is 9.62. The molecule has 0 unspecified atom stereocenters. The summed E-state index contributed by atoms with van der Waals surface area (Å²) in [5, 5.41) is 17.8. The first kappa shape index (κ1) is 12.6. The summed E-state index contributed by atoms with van der Waals surface area (Å²) in [5.41, 5.74) is 0.933. The second-order valence-electron chi connectivity index (χ2n) is 3.02. The predicted octanol–water partition coefficient (Wildman–Crippen LogP) is 1.52. The number of rotatable bonds is 3. The van der Waals surface area contributed by atoms with Crippen LogP contribution in [0.5, 0.6) is 0 Å². The van der Waals surface area contributed by atoms with E-state index in [1.54, 1.807) is 6.92 Å². The number of hydrogen-bond acceptors (Lipinski definition) is 5. The predicted molar refractivity (Wildman–Crippen MR) is 60.3 cm³/mol. The minimum Gasteiger partial charge on any atom is -0.462 e. The zero-order valence-electron chi connectivity index (χ0n) is 8.73. The summed E-state index contributed by atoms with van der Waals surface area (Å²) in [4.78, 5) is 11.9. The maximum absolute atomic E-state index is 11.5. The highest BCUT2D eigenvalue weighted by molar-refractivity contribution is 7.80. The summed E-state index contributed by atoms with van der Waals surface area (Å²) in [6, 6.07) is 4.78. The van der Waals surface area contributed by atoms with Crippen LogP contribution >= 0.6 is 12.6 Å². The van der Waals surface area contributed by atoms with Gasteiger partial charge in [-0.15, -0.1) is 12.6 Å². The number of ether oxygens (including phenoxy) is 1. The number of carbonyl (C=O) groups is 1. The van der Waals surface area contributed by atoms with Gasteiger partial charge in [-0.05, 0) is 24.6 Å². The Labute approximate surface area is 98.9 Å². The molecule has 1 aromatic carbocycles. The quantitative estimate of drug-likeness (QED) is 0.617. The SMILES string of the molecule is CCOC(=O)c1cc(C#N)c(CO)cc1S. The van der Waals surface area contributed by atoms with Crippen molar-refractivity contribution in [2.45, 2.75) is 18.4 Å². The highest BCUT2D eigenvalue weighted by Gasteiger charge is 2.14. The van der Waals surface area contributed by atoms with E-state index >= 15 is 0 Å². The van der Waals surface area contributed by atoms with Gasteiger partial charge in [-0.3, -0.25) is 0 Å². The van der Waals surface area contributed by atoms with Gasteiger partial charge in [-0.1, -0.05) is 0 Å². The van der Waals surface area contributed by atoms with E-state index in [1.165, 1.54) is 12.1 Å². The molecule has 4 nitrogen and oxygen atoms in total. The minimum atomic E-state index is -0.520. The molecular weight excluding hydrogens is 226 g/mol. The van der Waals surface area contributed by atoms with E-state index in [0.29, 0.717) is 10.5 Å². The summed E-state index contributed by atoms with van der Waals surface area (Å²) in [6.07, 6.45) is 0. The van der Waals surface area contributed by atoms with Crippen LogP contribution in [0.3, 0.4) is 0 Å². The lowest BCUT2D eigenvalue weighted by molar-refractivity contribution is 0.0522. The molecule has 0 saturated heterocycles. The summed E-state index contributed by atoms with van der Waals surface area (Å²) < 4.78 is 4.82. The van der Waals surface area contributed by atoms with Gasteiger partial charge in [-0.2, -0.15) is 5.26 Å². The molecule has 0 radical (unpaired) electrons.